The van der Waals surface area contributed by atoms with Gasteiger partial charge in [0.15, 0.2) is 0 Å². The van der Waals surface area contributed by atoms with Gasteiger partial charge in [0.1, 0.15) is 6.04 Å². The second-order valence-electron chi connectivity index (χ2n) is 8.20. The van der Waals surface area contributed by atoms with Crippen LogP contribution in [0.3, 0.4) is 0 Å². The summed E-state index contributed by atoms with van der Waals surface area (Å²) < 4.78 is 0. The van der Waals surface area contributed by atoms with Crippen LogP contribution in [0.5, 0.6) is 0 Å². The summed E-state index contributed by atoms with van der Waals surface area (Å²) in [5.74, 6) is 0.0377. The summed E-state index contributed by atoms with van der Waals surface area (Å²) in [6.45, 7) is 1.36. The molecule has 6 nitrogen and oxygen atoms in total. The highest BCUT2D eigenvalue weighted by Crippen LogP contribution is 2.25. The van der Waals surface area contributed by atoms with Crippen LogP contribution in [-0.4, -0.2) is 47.8 Å². The number of hydrogen-bond acceptors (Lipinski definition) is 3. The number of carbonyl (C=O) groups excluding carboxylic acids is 3. The van der Waals surface area contributed by atoms with Crippen molar-refractivity contribution in [1.82, 2.24) is 10.2 Å². The fourth-order valence-corrected chi connectivity index (χ4v) is 4.70. The molecular formula is C22H29N3O3. The maximum atomic E-state index is 13.0. The fraction of sp³-hybridized carbons (Fsp3) is 0.591. The molecule has 3 aliphatic rings. The van der Waals surface area contributed by atoms with Crippen molar-refractivity contribution in [2.45, 2.75) is 69.9 Å². The molecule has 3 fully saturated rings. The van der Waals surface area contributed by atoms with Crippen molar-refractivity contribution in [2.24, 2.45) is 0 Å². The molecule has 0 aromatic heterocycles. The monoisotopic (exact) mass is 383 g/mol. The van der Waals surface area contributed by atoms with Gasteiger partial charge >= 0.3 is 0 Å². The first kappa shape index (κ1) is 19.0. The largest absolute Gasteiger partial charge is 0.352 e. The quantitative estimate of drug-likeness (QED) is 0.869. The molecule has 1 saturated carbocycles. The number of benzene rings is 1. The van der Waals surface area contributed by atoms with E-state index in [9.17, 15) is 14.4 Å². The average Bonchev–Trinajstić information content (AvgIpc) is 3.37. The number of anilines is 1. The minimum atomic E-state index is -0.366. The van der Waals surface area contributed by atoms with Crippen LogP contribution in [0, 0.1) is 0 Å². The predicted octanol–water partition coefficient (Wildman–Crippen LogP) is 2.87. The molecule has 6 heteroatoms. The van der Waals surface area contributed by atoms with E-state index >= 15 is 0 Å². The second-order valence-corrected chi connectivity index (χ2v) is 8.20. The molecule has 2 saturated heterocycles. The van der Waals surface area contributed by atoms with E-state index in [1.54, 1.807) is 21.9 Å². The van der Waals surface area contributed by atoms with Crippen molar-refractivity contribution in [3.8, 4) is 0 Å². The Morgan fingerprint density at radius 2 is 1.64 bits per heavy atom. The smallest absolute Gasteiger partial charge is 0.254 e. The molecule has 1 aliphatic carbocycles. The van der Waals surface area contributed by atoms with Gasteiger partial charge in [-0.25, -0.2) is 0 Å². The Balaban J connectivity index is 1.41. The number of likely N-dealkylation sites (tertiary alicyclic amines) is 1. The van der Waals surface area contributed by atoms with Gasteiger partial charge in [-0.3, -0.25) is 14.4 Å². The van der Waals surface area contributed by atoms with Gasteiger partial charge in [-0.2, -0.15) is 0 Å². The Bertz CT molecular complexity index is 740. The SMILES string of the molecule is O=C(NC1CCCCC1)[C@@H]1CCCN1C(=O)c1ccc(N2CCCC2=O)cc1. The van der Waals surface area contributed by atoms with Gasteiger partial charge in [0.25, 0.3) is 5.91 Å². The maximum Gasteiger partial charge on any atom is 0.254 e. The number of amides is 3. The van der Waals surface area contributed by atoms with Crippen molar-refractivity contribution in [3.05, 3.63) is 29.8 Å². The van der Waals surface area contributed by atoms with Gasteiger partial charge in [-0.1, -0.05) is 19.3 Å². The highest BCUT2D eigenvalue weighted by molar-refractivity contribution is 5.99. The Morgan fingerprint density at radius 1 is 0.893 bits per heavy atom. The molecular weight excluding hydrogens is 354 g/mol. The Kier molecular flexibility index (Phi) is 5.64. The molecule has 2 heterocycles. The van der Waals surface area contributed by atoms with E-state index in [4.69, 9.17) is 0 Å². The molecule has 2 aliphatic heterocycles. The van der Waals surface area contributed by atoms with Gasteiger partial charge in [-0.05, 0) is 56.4 Å². The molecule has 0 unspecified atom stereocenters. The van der Waals surface area contributed by atoms with Crippen LogP contribution in [0.25, 0.3) is 0 Å². The van der Waals surface area contributed by atoms with E-state index < -0.39 is 0 Å². The lowest BCUT2D eigenvalue weighted by Gasteiger charge is -2.28. The molecule has 1 aromatic rings. The first-order chi connectivity index (χ1) is 13.6. The van der Waals surface area contributed by atoms with Gasteiger partial charge in [-0.15, -0.1) is 0 Å². The highest BCUT2D eigenvalue weighted by Gasteiger charge is 2.35. The third kappa shape index (κ3) is 3.91. The molecule has 1 atom stereocenters. The van der Waals surface area contributed by atoms with Crippen LogP contribution in [0.1, 0.15) is 68.1 Å². The van der Waals surface area contributed by atoms with Crippen LogP contribution in [0.15, 0.2) is 24.3 Å². The van der Waals surface area contributed by atoms with E-state index in [0.717, 1.165) is 44.3 Å². The maximum absolute atomic E-state index is 13.0. The van der Waals surface area contributed by atoms with Gasteiger partial charge in [0, 0.05) is 36.8 Å². The lowest BCUT2D eigenvalue weighted by atomic mass is 9.95. The molecule has 4 rings (SSSR count). The van der Waals surface area contributed by atoms with E-state index in [1.807, 2.05) is 12.1 Å². The molecule has 0 radical (unpaired) electrons. The highest BCUT2D eigenvalue weighted by atomic mass is 16.2. The summed E-state index contributed by atoms with van der Waals surface area (Å²) >= 11 is 0. The summed E-state index contributed by atoms with van der Waals surface area (Å²) in [6.07, 6.45) is 8.73. The zero-order valence-electron chi connectivity index (χ0n) is 16.4. The number of hydrogen-bond donors (Lipinski definition) is 1. The third-order valence-corrected chi connectivity index (χ3v) is 6.27. The lowest BCUT2D eigenvalue weighted by molar-refractivity contribution is -0.125. The van der Waals surface area contributed by atoms with Crippen molar-refractivity contribution >= 4 is 23.4 Å². The Morgan fingerprint density at radius 3 is 2.32 bits per heavy atom. The van der Waals surface area contributed by atoms with E-state index in [1.165, 1.54) is 19.3 Å². The van der Waals surface area contributed by atoms with E-state index in [-0.39, 0.29) is 29.8 Å². The predicted molar refractivity (Wildman–Crippen MR) is 107 cm³/mol. The van der Waals surface area contributed by atoms with Crippen molar-refractivity contribution in [3.63, 3.8) is 0 Å². The zero-order chi connectivity index (χ0) is 19.5. The normalized spacial score (nSPS) is 23.3. The van der Waals surface area contributed by atoms with Gasteiger partial charge < -0.3 is 15.1 Å². The zero-order valence-corrected chi connectivity index (χ0v) is 16.4. The van der Waals surface area contributed by atoms with Crippen LogP contribution in [-0.2, 0) is 9.59 Å². The molecule has 1 N–H and O–H groups in total. The fourth-order valence-electron chi connectivity index (χ4n) is 4.70. The average molecular weight is 383 g/mol. The number of nitrogens with one attached hydrogen (secondary N) is 1. The summed E-state index contributed by atoms with van der Waals surface area (Å²) in [5, 5.41) is 3.17. The second kappa shape index (κ2) is 8.33. The third-order valence-electron chi connectivity index (χ3n) is 6.27. The number of nitrogens with zero attached hydrogens (tertiary/aromatic N) is 2. The first-order valence-electron chi connectivity index (χ1n) is 10.7. The summed E-state index contributed by atoms with van der Waals surface area (Å²) in [7, 11) is 0. The topological polar surface area (TPSA) is 69.7 Å². The van der Waals surface area contributed by atoms with E-state index in [0.29, 0.717) is 18.5 Å². The molecule has 28 heavy (non-hydrogen) atoms. The van der Waals surface area contributed by atoms with Crippen molar-refractivity contribution in [2.75, 3.05) is 18.0 Å². The van der Waals surface area contributed by atoms with Crippen LogP contribution < -0.4 is 10.2 Å². The minimum absolute atomic E-state index is 0.00275. The first-order valence-corrected chi connectivity index (χ1v) is 10.7. The Labute approximate surface area is 166 Å². The summed E-state index contributed by atoms with van der Waals surface area (Å²) in [4.78, 5) is 41.2. The van der Waals surface area contributed by atoms with Crippen LogP contribution in [0.2, 0.25) is 0 Å². The molecule has 3 amide bonds. The minimum Gasteiger partial charge on any atom is -0.352 e. The molecule has 1 aromatic carbocycles. The number of rotatable bonds is 4. The summed E-state index contributed by atoms with van der Waals surface area (Å²) in [6, 6.07) is 7.12. The molecule has 0 bridgehead atoms. The number of carbonyl (C=O) groups is 3. The molecule has 150 valence electrons. The summed E-state index contributed by atoms with van der Waals surface area (Å²) in [5.41, 5.74) is 1.42. The van der Waals surface area contributed by atoms with Crippen molar-refractivity contribution in [1.29, 1.82) is 0 Å². The standard InChI is InChI=1S/C22H29N3O3/c26-20-9-5-14-24(20)18-12-10-16(11-13-18)22(28)25-15-4-8-19(25)21(27)23-17-6-2-1-3-7-17/h10-13,17,19H,1-9,14-15H2,(H,23,27)/t19-/m0/s1. The van der Waals surface area contributed by atoms with Gasteiger partial charge in [0.05, 0.1) is 0 Å². The lowest BCUT2D eigenvalue weighted by Crippen LogP contribution is -2.49. The van der Waals surface area contributed by atoms with Crippen LogP contribution >= 0.6 is 0 Å². The van der Waals surface area contributed by atoms with Crippen LogP contribution in [0.4, 0.5) is 5.69 Å². The van der Waals surface area contributed by atoms with Crippen molar-refractivity contribution < 1.29 is 14.4 Å². The van der Waals surface area contributed by atoms with E-state index in [2.05, 4.69) is 5.32 Å². The van der Waals surface area contributed by atoms with Gasteiger partial charge in [0.2, 0.25) is 11.8 Å². The molecule has 0 spiro atoms. The Hall–Kier alpha value is -2.37.